The molecule has 7 heteroatoms. The van der Waals surface area contributed by atoms with Gasteiger partial charge in [0.2, 0.25) is 0 Å². The Morgan fingerprint density at radius 2 is 2.16 bits per heavy atom. The minimum absolute atomic E-state index is 0. The molecular weight excluding hydrogens is 447 g/mol. The van der Waals surface area contributed by atoms with E-state index in [9.17, 15) is 0 Å². The van der Waals surface area contributed by atoms with E-state index in [-0.39, 0.29) is 35.6 Å². The van der Waals surface area contributed by atoms with Crippen LogP contribution in [0.4, 0.5) is 0 Å². The van der Waals surface area contributed by atoms with E-state index >= 15 is 0 Å². The van der Waals surface area contributed by atoms with Crippen LogP contribution >= 0.6 is 35.3 Å². The normalized spacial score (nSPS) is 18.6. The fraction of sp³-hybridized carbons (Fsp3) is 0.444. The molecule has 2 N–H and O–H groups in total. The first-order chi connectivity index (χ1) is 11.5. The summed E-state index contributed by atoms with van der Waals surface area (Å²) in [6.07, 6.45) is 0.879. The first-order valence-corrected chi connectivity index (χ1v) is 9.00. The first kappa shape index (κ1) is 20.0. The number of rotatable bonds is 3. The number of fused-ring (bicyclic) bond motifs is 1. The van der Waals surface area contributed by atoms with Crippen LogP contribution in [0, 0.1) is 6.92 Å². The lowest BCUT2D eigenvalue weighted by atomic mass is 9.90. The number of nitrogens with one attached hydrogen (secondary N) is 2. The second-order valence-corrected chi connectivity index (χ2v) is 7.53. The van der Waals surface area contributed by atoms with Crippen molar-refractivity contribution in [3.8, 4) is 5.75 Å². The molecule has 2 heterocycles. The molecule has 1 atom stereocenters. The van der Waals surface area contributed by atoms with Gasteiger partial charge in [0.05, 0.1) is 23.8 Å². The van der Waals surface area contributed by atoms with Crippen LogP contribution in [0.5, 0.6) is 5.75 Å². The van der Waals surface area contributed by atoms with E-state index in [1.165, 1.54) is 10.4 Å². The molecule has 5 nitrogen and oxygen atoms in total. The van der Waals surface area contributed by atoms with Gasteiger partial charge in [0.15, 0.2) is 5.96 Å². The van der Waals surface area contributed by atoms with Crippen LogP contribution in [0.3, 0.4) is 0 Å². The molecule has 0 aliphatic carbocycles. The minimum Gasteiger partial charge on any atom is -0.487 e. The molecule has 2 aromatic rings. The molecule has 0 radical (unpaired) electrons. The highest BCUT2D eigenvalue weighted by atomic mass is 127. The number of para-hydroxylation sites is 1. The molecule has 3 rings (SSSR count). The lowest BCUT2D eigenvalue weighted by Crippen LogP contribution is -2.45. The number of thiazole rings is 1. The van der Waals surface area contributed by atoms with Crippen molar-refractivity contribution in [1.82, 2.24) is 15.6 Å². The Balaban J connectivity index is 0.00000225. The number of aromatic nitrogens is 1. The fourth-order valence-corrected chi connectivity index (χ4v) is 3.67. The zero-order chi connectivity index (χ0) is 17.2. The lowest BCUT2D eigenvalue weighted by molar-refractivity contribution is 0.0694. The van der Waals surface area contributed by atoms with Crippen molar-refractivity contribution in [3.63, 3.8) is 0 Å². The summed E-state index contributed by atoms with van der Waals surface area (Å²) in [4.78, 5) is 9.88. The van der Waals surface area contributed by atoms with Crippen molar-refractivity contribution in [3.05, 3.63) is 45.9 Å². The van der Waals surface area contributed by atoms with Gasteiger partial charge in [-0.1, -0.05) is 18.2 Å². The highest BCUT2D eigenvalue weighted by molar-refractivity contribution is 14.0. The average Bonchev–Trinajstić information content (AvgIpc) is 2.95. The van der Waals surface area contributed by atoms with Crippen molar-refractivity contribution in [1.29, 1.82) is 0 Å². The van der Waals surface area contributed by atoms with Crippen molar-refractivity contribution < 1.29 is 4.74 Å². The topological polar surface area (TPSA) is 58.5 Å². The summed E-state index contributed by atoms with van der Waals surface area (Å²) in [6, 6.07) is 8.37. The summed E-state index contributed by atoms with van der Waals surface area (Å²) in [7, 11) is 1.80. The number of benzene rings is 1. The number of hydrogen-bond donors (Lipinski definition) is 2. The number of halogens is 1. The standard InChI is InChI=1S/C18H24N4OS.HI/c1-12-16(24-11-21-12)10-20-17(19-4)22-14-9-18(2,3)23-15-8-6-5-7-13(14)15;/h5-8,11,14H,9-10H2,1-4H3,(H2,19,20,22);1H. The quantitative estimate of drug-likeness (QED) is 0.402. The van der Waals surface area contributed by atoms with Gasteiger partial charge in [0.1, 0.15) is 11.4 Å². The number of aryl methyl sites for hydroxylation is 1. The van der Waals surface area contributed by atoms with Crippen LogP contribution in [0.2, 0.25) is 0 Å². The molecule has 0 fully saturated rings. The van der Waals surface area contributed by atoms with Gasteiger partial charge in [-0.2, -0.15) is 0 Å². The summed E-state index contributed by atoms with van der Waals surface area (Å²) in [6.45, 7) is 6.99. The number of guanidine groups is 1. The van der Waals surface area contributed by atoms with Crippen LogP contribution in [-0.4, -0.2) is 23.6 Å². The van der Waals surface area contributed by atoms with E-state index in [2.05, 4.69) is 40.5 Å². The summed E-state index contributed by atoms with van der Waals surface area (Å²) in [5.74, 6) is 1.74. The molecule has 0 saturated heterocycles. The minimum atomic E-state index is -0.209. The molecule has 0 amide bonds. The Labute approximate surface area is 170 Å². The monoisotopic (exact) mass is 472 g/mol. The average molecular weight is 472 g/mol. The third kappa shape index (κ3) is 4.84. The van der Waals surface area contributed by atoms with Crippen LogP contribution < -0.4 is 15.4 Å². The van der Waals surface area contributed by atoms with Gasteiger partial charge in [0.25, 0.3) is 0 Å². The first-order valence-electron chi connectivity index (χ1n) is 8.12. The molecule has 1 unspecified atom stereocenters. The maximum absolute atomic E-state index is 6.09. The zero-order valence-electron chi connectivity index (χ0n) is 15.0. The molecule has 25 heavy (non-hydrogen) atoms. The van der Waals surface area contributed by atoms with Gasteiger partial charge in [-0.3, -0.25) is 4.99 Å². The largest absolute Gasteiger partial charge is 0.487 e. The van der Waals surface area contributed by atoms with Crippen molar-refractivity contribution in [2.75, 3.05) is 7.05 Å². The van der Waals surface area contributed by atoms with Crippen molar-refractivity contribution in [2.24, 2.45) is 4.99 Å². The number of hydrogen-bond acceptors (Lipinski definition) is 4. The molecule has 0 saturated carbocycles. The predicted molar refractivity (Wildman–Crippen MR) is 114 cm³/mol. The molecule has 1 aliphatic rings. The van der Waals surface area contributed by atoms with Gasteiger partial charge in [-0.15, -0.1) is 35.3 Å². The van der Waals surface area contributed by atoms with Gasteiger partial charge in [-0.25, -0.2) is 4.98 Å². The van der Waals surface area contributed by atoms with Crippen molar-refractivity contribution >= 4 is 41.3 Å². The Hall–Kier alpha value is -1.35. The Morgan fingerprint density at radius 3 is 2.84 bits per heavy atom. The number of nitrogens with zero attached hydrogens (tertiary/aromatic N) is 2. The number of aliphatic imine (C=N–C) groups is 1. The molecular formula is C18H25IN4OS. The smallest absolute Gasteiger partial charge is 0.191 e. The van der Waals surface area contributed by atoms with E-state index in [0.29, 0.717) is 0 Å². The predicted octanol–water partition coefficient (Wildman–Crippen LogP) is 4.04. The molecule has 0 bridgehead atoms. The molecule has 136 valence electrons. The highest BCUT2D eigenvalue weighted by Crippen LogP contribution is 2.39. The van der Waals surface area contributed by atoms with Crippen LogP contribution in [0.25, 0.3) is 0 Å². The van der Waals surface area contributed by atoms with Crippen LogP contribution in [0.15, 0.2) is 34.8 Å². The fourth-order valence-electron chi connectivity index (χ4n) is 2.95. The van der Waals surface area contributed by atoms with Gasteiger partial charge >= 0.3 is 0 Å². The Kier molecular flexibility index (Phi) is 6.67. The Morgan fingerprint density at radius 1 is 1.40 bits per heavy atom. The molecule has 1 aliphatic heterocycles. The van der Waals surface area contributed by atoms with E-state index in [0.717, 1.165) is 30.4 Å². The second-order valence-electron chi connectivity index (χ2n) is 6.59. The van der Waals surface area contributed by atoms with Gasteiger partial charge in [0, 0.05) is 23.9 Å². The van der Waals surface area contributed by atoms with Crippen LogP contribution in [-0.2, 0) is 6.54 Å². The molecule has 1 aromatic carbocycles. The van der Waals surface area contributed by atoms with E-state index in [1.54, 1.807) is 18.4 Å². The molecule has 0 spiro atoms. The highest BCUT2D eigenvalue weighted by Gasteiger charge is 2.33. The molecule has 1 aromatic heterocycles. The van der Waals surface area contributed by atoms with E-state index in [1.807, 2.05) is 30.6 Å². The zero-order valence-corrected chi connectivity index (χ0v) is 18.1. The third-order valence-electron chi connectivity index (χ3n) is 4.17. The summed E-state index contributed by atoms with van der Waals surface area (Å²) in [5.41, 5.74) is 3.91. The van der Waals surface area contributed by atoms with E-state index in [4.69, 9.17) is 4.74 Å². The SMILES string of the molecule is CN=C(NCc1scnc1C)NC1CC(C)(C)Oc2ccccc21.I. The maximum Gasteiger partial charge on any atom is 0.191 e. The lowest BCUT2D eigenvalue weighted by Gasteiger charge is -2.38. The van der Waals surface area contributed by atoms with Gasteiger partial charge in [-0.05, 0) is 26.8 Å². The summed E-state index contributed by atoms with van der Waals surface area (Å²) < 4.78 is 6.09. The van der Waals surface area contributed by atoms with E-state index < -0.39 is 0 Å². The third-order valence-corrected chi connectivity index (χ3v) is 5.11. The maximum atomic E-state index is 6.09. The number of ether oxygens (including phenoxy) is 1. The summed E-state index contributed by atoms with van der Waals surface area (Å²) >= 11 is 1.66. The Bertz CT molecular complexity index is 744. The van der Waals surface area contributed by atoms with Gasteiger partial charge < -0.3 is 15.4 Å². The van der Waals surface area contributed by atoms with Crippen LogP contribution in [0.1, 0.15) is 42.4 Å². The van der Waals surface area contributed by atoms with Crippen molar-refractivity contribution in [2.45, 2.75) is 45.4 Å². The second kappa shape index (κ2) is 8.35. The summed E-state index contributed by atoms with van der Waals surface area (Å²) in [5, 5.41) is 6.93.